The number of amides is 1. The van der Waals surface area contributed by atoms with Crippen molar-refractivity contribution in [2.24, 2.45) is 5.73 Å². The fourth-order valence-electron chi connectivity index (χ4n) is 4.63. The monoisotopic (exact) mass is 628 g/mol. The zero-order valence-corrected chi connectivity index (χ0v) is 28.4. The standard InChI is InChI=1S/C38H64N2O5/c1-3-5-7-9-11-12-13-14-15-16-18-20-26-32-37(42)45-34(28-23-19-17-10-8-6-4-2)29-24-21-22-25-31-36(41)40-35(38(43)44)30-27-33-39/h5,7,10-12,14-15,17,23,28,34-35H,3-4,6,8-9,13,16,18-22,24-27,29-33,39H2,1-2H3,(H,40,41)(H,43,44)/b7-5-,12-11-,15-14-,17-10-,28-23-. The maximum Gasteiger partial charge on any atom is 0.326 e. The zero-order valence-electron chi connectivity index (χ0n) is 28.4. The van der Waals surface area contributed by atoms with Gasteiger partial charge in [-0.25, -0.2) is 4.79 Å². The first-order chi connectivity index (χ1) is 21.9. The molecule has 2 unspecified atom stereocenters. The fourth-order valence-corrected chi connectivity index (χ4v) is 4.63. The van der Waals surface area contributed by atoms with Crippen molar-refractivity contribution in [1.29, 1.82) is 0 Å². The van der Waals surface area contributed by atoms with Gasteiger partial charge in [0.1, 0.15) is 12.1 Å². The molecule has 4 N–H and O–H groups in total. The van der Waals surface area contributed by atoms with Gasteiger partial charge >= 0.3 is 11.9 Å². The molecular formula is C38H64N2O5. The number of aliphatic carboxylic acids is 1. The van der Waals surface area contributed by atoms with Crippen molar-refractivity contribution in [1.82, 2.24) is 5.32 Å². The Bertz CT molecular complexity index is 891. The van der Waals surface area contributed by atoms with Gasteiger partial charge in [-0.05, 0) is 96.1 Å². The number of nitrogens with two attached hydrogens (primary N) is 1. The SMILES string of the molecule is CC/C=C\C/C=C\C/C=C\CCCCCC(=O)OC(/C=C\C/C=C\CCCC)CCCCCCC(=O)NC(CCCN)C(=O)O. The molecule has 0 saturated heterocycles. The van der Waals surface area contributed by atoms with Gasteiger partial charge in [0, 0.05) is 12.8 Å². The Morgan fingerprint density at radius 3 is 1.96 bits per heavy atom. The van der Waals surface area contributed by atoms with Gasteiger partial charge in [-0.3, -0.25) is 9.59 Å². The first-order valence-electron chi connectivity index (χ1n) is 17.6. The van der Waals surface area contributed by atoms with Crippen molar-refractivity contribution in [3.8, 4) is 0 Å². The molecule has 0 bridgehead atoms. The Morgan fingerprint density at radius 1 is 0.689 bits per heavy atom. The summed E-state index contributed by atoms with van der Waals surface area (Å²) in [7, 11) is 0. The minimum atomic E-state index is -1.02. The molecule has 256 valence electrons. The van der Waals surface area contributed by atoms with Crippen LogP contribution in [0.1, 0.15) is 142 Å². The Balaban J connectivity index is 4.42. The number of carbonyl (C=O) groups excluding carboxylic acids is 2. The molecule has 0 fully saturated rings. The van der Waals surface area contributed by atoms with E-state index in [1.54, 1.807) is 0 Å². The van der Waals surface area contributed by atoms with Gasteiger partial charge in [0.25, 0.3) is 0 Å². The van der Waals surface area contributed by atoms with E-state index in [-0.39, 0.29) is 18.0 Å². The maximum atomic E-state index is 12.6. The smallest absolute Gasteiger partial charge is 0.326 e. The number of hydrogen-bond acceptors (Lipinski definition) is 5. The molecule has 0 aromatic heterocycles. The second kappa shape index (κ2) is 32.5. The summed E-state index contributed by atoms with van der Waals surface area (Å²) in [5.41, 5.74) is 5.46. The molecule has 0 saturated carbocycles. The number of allylic oxidation sites excluding steroid dienone is 9. The molecule has 0 aliphatic carbocycles. The topological polar surface area (TPSA) is 119 Å². The lowest BCUT2D eigenvalue weighted by Gasteiger charge is -2.15. The largest absolute Gasteiger partial charge is 0.480 e. The third kappa shape index (κ3) is 29.5. The molecule has 7 heteroatoms. The van der Waals surface area contributed by atoms with E-state index in [0.29, 0.717) is 38.6 Å². The molecule has 1 amide bonds. The Labute approximate surface area is 274 Å². The van der Waals surface area contributed by atoms with E-state index in [4.69, 9.17) is 10.5 Å². The summed E-state index contributed by atoms with van der Waals surface area (Å²) in [5, 5.41) is 11.9. The lowest BCUT2D eigenvalue weighted by atomic mass is 10.1. The molecule has 0 rings (SSSR count). The molecular weight excluding hydrogens is 564 g/mol. The average Bonchev–Trinajstić information content (AvgIpc) is 3.02. The van der Waals surface area contributed by atoms with E-state index in [9.17, 15) is 19.5 Å². The van der Waals surface area contributed by atoms with Crippen LogP contribution < -0.4 is 11.1 Å². The van der Waals surface area contributed by atoms with E-state index in [1.165, 1.54) is 12.8 Å². The second-order valence-corrected chi connectivity index (χ2v) is 11.5. The fraction of sp³-hybridized carbons (Fsp3) is 0.658. The van der Waals surface area contributed by atoms with Crippen LogP contribution in [0.4, 0.5) is 0 Å². The van der Waals surface area contributed by atoms with Crippen LogP contribution >= 0.6 is 0 Å². The molecule has 0 radical (unpaired) electrons. The van der Waals surface area contributed by atoms with Crippen LogP contribution in [0.25, 0.3) is 0 Å². The first kappa shape index (κ1) is 42.1. The highest BCUT2D eigenvalue weighted by molar-refractivity contribution is 5.83. The molecule has 0 aromatic carbocycles. The maximum absolute atomic E-state index is 12.6. The predicted octanol–water partition coefficient (Wildman–Crippen LogP) is 9.05. The van der Waals surface area contributed by atoms with Crippen molar-refractivity contribution in [3.63, 3.8) is 0 Å². The third-order valence-corrected chi connectivity index (χ3v) is 7.30. The Hall–Kier alpha value is -2.93. The van der Waals surface area contributed by atoms with E-state index in [1.807, 2.05) is 6.08 Å². The van der Waals surface area contributed by atoms with Crippen molar-refractivity contribution in [3.05, 3.63) is 60.8 Å². The highest BCUT2D eigenvalue weighted by atomic mass is 16.5. The van der Waals surface area contributed by atoms with Crippen molar-refractivity contribution in [2.75, 3.05) is 6.54 Å². The molecule has 0 aromatic rings. The van der Waals surface area contributed by atoms with E-state index >= 15 is 0 Å². The van der Waals surface area contributed by atoms with Crippen molar-refractivity contribution < 1.29 is 24.2 Å². The molecule has 0 aliphatic rings. The number of carbonyl (C=O) groups is 3. The third-order valence-electron chi connectivity index (χ3n) is 7.30. The number of hydrogen-bond donors (Lipinski definition) is 3. The summed E-state index contributed by atoms with van der Waals surface area (Å²) in [4.78, 5) is 36.1. The Kier molecular flexibility index (Phi) is 30.3. The van der Waals surface area contributed by atoms with Gasteiger partial charge in [-0.15, -0.1) is 0 Å². The van der Waals surface area contributed by atoms with E-state index < -0.39 is 12.0 Å². The van der Waals surface area contributed by atoms with Gasteiger partial charge in [-0.1, -0.05) is 101 Å². The van der Waals surface area contributed by atoms with Gasteiger partial charge in [-0.2, -0.15) is 0 Å². The summed E-state index contributed by atoms with van der Waals surface area (Å²) >= 11 is 0. The number of esters is 1. The Morgan fingerprint density at radius 2 is 1.29 bits per heavy atom. The molecule has 7 nitrogen and oxygen atoms in total. The first-order valence-corrected chi connectivity index (χ1v) is 17.6. The van der Waals surface area contributed by atoms with Crippen LogP contribution in [-0.2, 0) is 19.1 Å². The van der Waals surface area contributed by atoms with Crippen LogP contribution in [0.5, 0.6) is 0 Å². The molecule has 0 aliphatic heterocycles. The van der Waals surface area contributed by atoms with E-state index in [2.05, 4.69) is 73.8 Å². The zero-order chi connectivity index (χ0) is 33.2. The minimum Gasteiger partial charge on any atom is -0.480 e. The van der Waals surface area contributed by atoms with Gasteiger partial charge in [0.05, 0.1) is 0 Å². The number of nitrogens with one attached hydrogen (secondary N) is 1. The summed E-state index contributed by atoms with van der Waals surface area (Å²) in [6, 6.07) is -0.878. The average molecular weight is 629 g/mol. The highest BCUT2D eigenvalue weighted by Crippen LogP contribution is 2.14. The normalized spacial score (nSPS) is 13.5. The lowest BCUT2D eigenvalue weighted by molar-refractivity contribution is -0.147. The number of unbranched alkanes of at least 4 members (excludes halogenated alkanes) is 8. The van der Waals surface area contributed by atoms with Crippen LogP contribution in [0.3, 0.4) is 0 Å². The van der Waals surface area contributed by atoms with Crippen LogP contribution in [0.2, 0.25) is 0 Å². The summed E-state index contributed by atoms with van der Waals surface area (Å²) < 4.78 is 5.84. The predicted molar refractivity (Wildman–Crippen MR) is 188 cm³/mol. The number of carboxylic acids is 1. The lowest BCUT2D eigenvalue weighted by Crippen LogP contribution is -2.40. The molecule has 0 spiro atoms. The summed E-state index contributed by atoms with van der Waals surface area (Å²) in [6.45, 7) is 4.73. The molecule has 2 atom stereocenters. The molecule has 0 heterocycles. The quantitative estimate of drug-likeness (QED) is 0.0415. The van der Waals surface area contributed by atoms with Gasteiger partial charge in [0.2, 0.25) is 5.91 Å². The van der Waals surface area contributed by atoms with Crippen LogP contribution in [0, 0.1) is 0 Å². The minimum absolute atomic E-state index is 0.139. The van der Waals surface area contributed by atoms with Crippen molar-refractivity contribution in [2.45, 2.75) is 154 Å². The van der Waals surface area contributed by atoms with Crippen LogP contribution in [0.15, 0.2) is 60.8 Å². The van der Waals surface area contributed by atoms with Gasteiger partial charge in [0.15, 0.2) is 0 Å². The number of carboxylic acid groups (broad SMARTS) is 1. The summed E-state index contributed by atoms with van der Waals surface area (Å²) in [5.74, 6) is -1.40. The highest BCUT2D eigenvalue weighted by Gasteiger charge is 2.18. The van der Waals surface area contributed by atoms with Gasteiger partial charge < -0.3 is 20.9 Å². The van der Waals surface area contributed by atoms with Crippen molar-refractivity contribution >= 4 is 17.8 Å². The molecule has 45 heavy (non-hydrogen) atoms. The second-order valence-electron chi connectivity index (χ2n) is 11.5. The number of rotatable bonds is 30. The summed E-state index contributed by atoms with van der Waals surface area (Å²) in [6.07, 6.45) is 38.5. The number of ether oxygens (including phenoxy) is 1. The van der Waals surface area contributed by atoms with Crippen LogP contribution in [-0.4, -0.2) is 41.6 Å². The van der Waals surface area contributed by atoms with E-state index in [0.717, 1.165) is 83.5 Å².